The first-order valence-electron chi connectivity index (χ1n) is 14.5. The van der Waals surface area contributed by atoms with Crippen LogP contribution in [0.5, 0.6) is 0 Å². The largest absolute Gasteiger partial charge is 0.383 e. The van der Waals surface area contributed by atoms with E-state index in [9.17, 15) is 24.3 Å². The number of aromatic nitrogens is 1. The van der Waals surface area contributed by atoms with Gasteiger partial charge in [-0.05, 0) is 43.4 Å². The lowest BCUT2D eigenvalue weighted by Gasteiger charge is -2.26. The third kappa shape index (κ3) is 7.53. The van der Waals surface area contributed by atoms with Crippen molar-refractivity contribution in [3.05, 3.63) is 72.4 Å². The maximum atomic E-state index is 13.7. The molecule has 3 heterocycles. The van der Waals surface area contributed by atoms with Crippen LogP contribution in [0.1, 0.15) is 24.8 Å². The predicted molar refractivity (Wildman–Crippen MR) is 161 cm³/mol. The lowest BCUT2D eigenvalue weighted by molar-refractivity contribution is -0.138. The zero-order valence-corrected chi connectivity index (χ0v) is 23.7. The molecule has 2 fully saturated rings. The Hall–Kier alpha value is -4.39. The van der Waals surface area contributed by atoms with E-state index in [0.717, 1.165) is 16.5 Å². The lowest BCUT2D eigenvalue weighted by atomic mass is 10.1. The van der Waals surface area contributed by atoms with Gasteiger partial charge in [0.1, 0.15) is 12.1 Å². The quantitative estimate of drug-likeness (QED) is 0.193. The molecule has 4 amide bonds. The Labute approximate surface area is 249 Å². The van der Waals surface area contributed by atoms with Crippen LogP contribution in [0.3, 0.4) is 0 Å². The van der Waals surface area contributed by atoms with Crippen LogP contribution in [0.15, 0.2) is 66.9 Å². The number of hydrogen-bond donors (Lipinski definition) is 6. The van der Waals surface area contributed by atoms with Crippen LogP contribution in [0.25, 0.3) is 10.9 Å². The van der Waals surface area contributed by atoms with Crippen molar-refractivity contribution in [2.75, 3.05) is 25.0 Å². The number of amides is 4. The summed E-state index contributed by atoms with van der Waals surface area (Å²) in [7, 11) is 0. The number of nitrogens with two attached hydrogens (primary N) is 1. The van der Waals surface area contributed by atoms with Crippen molar-refractivity contribution >= 4 is 40.2 Å². The van der Waals surface area contributed by atoms with Crippen LogP contribution in [0, 0.1) is 0 Å². The monoisotopic (exact) mass is 587 g/mol. The fraction of sp³-hybridized carbons (Fsp3) is 0.387. The zero-order valence-electron chi connectivity index (χ0n) is 23.7. The number of fused-ring (bicyclic) bond motifs is 1. The normalized spacial score (nSPS) is 22.2. The molecule has 0 aliphatic carbocycles. The second-order valence-corrected chi connectivity index (χ2v) is 11.1. The van der Waals surface area contributed by atoms with Crippen molar-refractivity contribution in [3.8, 4) is 0 Å². The number of likely N-dealkylation sites (tertiary alicyclic amines) is 1. The molecular formula is C31H37N7O5. The molecule has 5 atom stereocenters. The Balaban J connectivity index is 1.26. The number of hydrogen-bond acceptors (Lipinski definition) is 8. The van der Waals surface area contributed by atoms with Crippen LogP contribution in [-0.4, -0.2) is 88.5 Å². The Morgan fingerprint density at radius 1 is 1.02 bits per heavy atom. The first kappa shape index (κ1) is 30.1. The molecule has 2 aliphatic rings. The molecular weight excluding hydrogens is 550 g/mol. The van der Waals surface area contributed by atoms with Crippen molar-refractivity contribution in [1.29, 1.82) is 0 Å². The number of carbonyl (C=O) groups is 4. The molecule has 0 radical (unpaired) electrons. The van der Waals surface area contributed by atoms with Gasteiger partial charge in [0.15, 0.2) is 0 Å². The zero-order chi connectivity index (χ0) is 30.3. The number of nitrogens with one attached hydrogen (secondary N) is 4. The first-order chi connectivity index (χ1) is 20.8. The fourth-order valence-electron chi connectivity index (χ4n) is 5.69. The molecule has 2 saturated heterocycles. The van der Waals surface area contributed by atoms with E-state index < -0.39 is 36.0 Å². The molecule has 0 saturated carbocycles. The molecule has 1 aromatic heterocycles. The smallest absolute Gasteiger partial charge is 0.249 e. The second-order valence-electron chi connectivity index (χ2n) is 11.1. The highest BCUT2D eigenvalue weighted by atomic mass is 16.3. The number of aryl methyl sites for hydroxylation is 1. The predicted octanol–water partition coefficient (Wildman–Crippen LogP) is 0.0581. The van der Waals surface area contributed by atoms with Gasteiger partial charge < -0.3 is 37.0 Å². The summed E-state index contributed by atoms with van der Waals surface area (Å²) in [6.45, 7) is 0.344. The minimum atomic E-state index is -1.23. The van der Waals surface area contributed by atoms with Crippen molar-refractivity contribution < 1.29 is 24.3 Å². The average molecular weight is 588 g/mol. The highest BCUT2D eigenvalue weighted by molar-refractivity contribution is 5.99. The first-order valence-corrected chi connectivity index (χ1v) is 14.5. The van der Waals surface area contributed by atoms with Crippen LogP contribution in [-0.2, 0) is 25.6 Å². The number of rotatable bonds is 10. The van der Waals surface area contributed by atoms with E-state index in [1.54, 1.807) is 6.20 Å². The number of aliphatic hydroxyl groups excluding tert-OH is 1. The summed E-state index contributed by atoms with van der Waals surface area (Å²) in [5.41, 5.74) is 7.69. The van der Waals surface area contributed by atoms with Crippen LogP contribution in [0.2, 0.25) is 0 Å². The van der Waals surface area contributed by atoms with Gasteiger partial charge in [-0.15, -0.1) is 0 Å². The van der Waals surface area contributed by atoms with E-state index >= 15 is 0 Å². The van der Waals surface area contributed by atoms with Gasteiger partial charge in [0.05, 0.1) is 30.0 Å². The van der Waals surface area contributed by atoms with Crippen molar-refractivity contribution in [1.82, 2.24) is 25.8 Å². The third-order valence-electron chi connectivity index (χ3n) is 7.92. The maximum absolute atomic E-state index is 13.7. The minimum Gasteiger partial charge on any atom is -0.383 e. The van der Waals surface area contributed by atoms with Gasteiger partial charge >= 0.3 is 0 Å². The molecule has 0 spiro atoms. The number of benzene rings is 2. The van der Waals surface area contributed by atoms with E-state index in [4.69, 9.17) is 5.73 Å². The molecule has 226 valence electrons. The summed E-state index contributed by atoms with van der Waals surface area (Å²) in [4.78, 5) is 57.7. The molecule has 12 nitrogen and oxygen atoms in total. The van der Waals surface area contributed by atoms with Gasteiger partial charge in [0.25, 0.3) is 0 Å². The Bertz CT molecular complexity index is 1470. The topological polar surface area (TPSA) is 179 Å². The van der Waals surface area contributed by atoms with E-state index in [0.29, 0.717) is 25.1 Å². The average Bonchev–Trinajstić information content (AvgIpc) is 3.67. The summed E-state index contributed by atoms with van der Waals surface area (Å²) >= 11 is 0. The highest BCUT2D eigenvalue weighted by Crippen LogP contribution is 2.24. The van der Waals surface area contributed by atoms with Crippen molar-refractivity contribution in [2.24, 2.45) is 5.73 Å². The van der Waals surface area contributed by atoms with E-state index in [1.165, 1.54) is 4.90 Å². The molecule has 2 aromatic carbocycles. The standard InChI is InChI=1S/C31H37N7O5/c32-15-28(40)35-22-13-25(34-17-22)31(43)38-18-23(37-30(42)27(39)11-10-19-6-2-1-3-7-19)14-26(38)29(41)36-21-12-20-8-4-5-9-24(20)33-16-21/h1-9,12,16,22-23,25-27,34,39H,10-11,13-15,17-18,32H2,(H,35,40)(H,36,41)(H,37,42)/t22-,23-,25+,26+,27-/m1/s1. The summed E-state index contributed by atoms with van der Waals surface area (Å²) in [6, 6.07) is 16.6. The minimum absolute atomic E-state index is 0.0992. The van der Waals surface area contributed by atoms with Crippen LogP contribution in [0.4, 0.5) is 5.69 Å². The highest BCUT2D eigenvalue weighted by Gasteiger charge is 2.44. The van der Waals surface area contributed by atoms with Gasteiger partial charge in [-0.2, -0.15) is 0 Å². The summed E-state index contributed by atoms with van der Waals surface area (Å²) in [6.07, 6.45) is 1.63. The van der Waals surface area contributed by atoms with Gasteiger partial charge in [-0.1, -0.05) is 48.5 Å². The lowest BCUT2D eigenvalue weighted by Crippen LogP contribution is -2.50. The Morgan fingerprint density at radius 2 is 1.79 bits per heavy atom. The van der Waals surface area contributed by atoms with Crippen molar-refractivity contribution in [2.45, 2.75) is 56.0 Å². The number of carbonyl (C=O) groups excluding carboxylic acids is 4. The summed E-state index contributed by atoms with van der Waals surface area (Å²) in [5, 5.41) is 23.0. The summed E-state index contributed by atoms with van der Waals surface area (Å²) in [5.74, 6) is -1.56. The van der Waals surface area contributed by atoms with E-state index in [-0.39, 0.29) is 43.8 Å². The fourth-order valence-corrected chi connectivity index (χ4v) is 5.69. The maximum Gasteiger partial charge on any atom is 0.249 e. The molecule has 7 N–H and O–H groups in total. The molecule has 12 heteroatoms. The van der Waals surface area contributed by atoms with Crippen LogP contribution >= 0.6 is 0 Å². The van der Waals surface area contributed by atoms with Gasteiger partial charge in [0.2, 0.25) is 23.6 Å². The number of aliphatic hydroxyl groups is 1. The molecule has 0 unspecified atom stereocenters. The summed E-state index contributed by atoms with van der Waals surface area (Å²) < 4.78 is 0. The molecule has 5 rings (SSSR count). The molecule has 3 aromatic rings. The van der Waals surface area contributed by atoms with E-state index in [2.05, 4.69) is 26.3 Å². The molecule has 43 heavy (non-hydrogen) atoms. The number of pyridine rings is 1. The Morgan fingerprint density at radius 3 is 2.58 bits per heavy atom. The Kier molecular flexibility index (Phi) is 9.60. The van der Waals surface area contributed by atoms with Crippen LogP contribution < -0.4 is 27.0 Å². The van der Waals surface area contributed by atoms with Crippen molar-refractivity contribution in [3.63, 3.8) is 0 Å². The third-order valence-corrected chi connectivity index (χ3v) is 7.92. The van der Waals surface area contributed by atoms with Gasteiger partial charge in [-0.25, -0.2) is 0 Å². The number of anilines is 1. The molecule has 2 aliphatic heterocycles. The van der Waals surface area contributed by atoms with E-state index in [1.807, 2.05) is 60.7 Å². The van der Waals surface area contributed by atoms with Gasteiger partial charge in [0, 0.05) is 30.6 Å². The van der Waals surface area contributed by atoms with Gasteiger partial charge in [-0.3, -0.25) is 24.2 Å². The SMILES string of the molecule is NCC(=O)N[C@H]1CN[C@H](C(=O)N2C[C@H](NC(=O)[C@H](O)CCc3ccccc3)C[C@H]2C(=O)Nc2cnc3ccccc3c2)C1. The molecule has 0 bridgehead atoms. The number of para-hydroxylation sites is 1. The number of nitrogens with zero attached hydrogens (tertiary/aromatic N) is 2. The second kappa shape index (κ2) is 13.7.